The van der Waals surface area contributed by atoms with Crippen molar-refractivity contribution >= 4 is 5.91 Å². The van der Waals surface area contributed by atoms with Crippen LogP contribution in [0.4, 0.5) is 0 Å². The number of benzene rings is 2. The van der Waals surface area contributed by atoms with E-state index in [0.717, 1.165) is 48.6 Å². The van der Waals surface area contributed by atoms with E-state index in [2.05, 4.69) is 32.5 Å². The molecule has 0 radical (unpaired) electrons. The number of hydrogen-bond donors (Lipinski definition) is 3. The first kappa shape index (κ1) is 19.8. The molecule has 6 nitrogen and oxygen atoms in total. The van der Waals surface area contributed by atoms with Crippen molar-refractivity contribution in [3.63, 3.8) is 0 Å². The highest BCUT2D eigenvalue weighted by Gasteiger charge is 2.25. The van der Waals surface area contributed by atoms with Gasteiger partial charge in [0.25, 0.3) is 5.91 Å². The molecule has 2 heterocycles. The van der Waals surface area contributed by atoms with Crippen molar-refractivity contribution in [2.75, 3.05) is 26.2 Å². The predicted molar refractivity (Wildman–Crippen MR) is 121 cm³/mol. The van der Waals surface area contributed by atoms with Gasteiger partial charge in [-0.1, -0.05) is 37.1 Å². The number of rotatable bonds is 5. The Kier molecular flexibility index (Phi) is 5.47. The van der Waals surface area contributed by atoms with Crippen LogP contribution in [-0.4, -0.2) is 52.3 Å². The molecule has 1 fully saturated rings. The van der Waals surface area contributed by atoms with Gasteiger partial charge in [0.1, 0.15) is 5.75 Å². The highest BCUT2D eigenvalue weighted by Crippen LogP contribution is 2.40. The van der Waals surface area contributed by atoms with Gasteiger partial charge in [-0.25, -0.2) is 0 Å². The van der Waals surface area contributed by atoms with Crippen molar-refractivity contribution in [2.24, 2.45) is 0 Å². The maximum absolute atomic E-state index is 12.8. The number of phenolic OH excluding ortho intramolecular Hbond substituents is 1. The lowest BCUT2D eigenvalue weighted by molar-refractivity contribution is 0.0946. The summed E-state index contributed by atoms with van der Waals surface area (Å²) in [5.74, 6) is -0.254. The van der Waals surface area contributed by atoms with E-state index in [-0.39, 0.29) is 11.7 Å². The van der Waals surface area contributed by atoms with Crippen molar-refractivity contribution in [3.05, 3.63) is 59.2 Å². The summed E-state index contributed by atoms with van der Waals surface area (Å²) in [6.07, 6.45) is 5.87. The zero-order chi connectivity index (χ0) is 21.2. The van der Waals surface area contributed by atoms with Gasteiger partial charge in [0.2, 0.25) is 0 Å². The van der Waals surface area contributed by atoms with E-state index in [1.165, 1.54) is 36.8 Å². The lowest BCUT2D eigenvalue weighted by atomic mass is 10.0. The smallest absolute Gasteiger partial charge is 0.255 e. The lowest BCUT2D eigenvalue weighted by Gasteiger charge is -2.19. The average molecular weight is 417 g/mol. The normalized spacial score (nSPS) is 15.9. The molecule has 31 heavy (non-hydrogen) atoms. The molecule has 1 saturated heterocycles. The summed E-state index contributed by atoms with van der Waals surface area (Å²) >= 11 is 0. The standard InChI is InChI=1S/C25H28N4O2/c30-22-10-9-18(23-21-15-17-7-3-4-8-19(17)24(21)28-27-23)16-20(22)25(31)26-11-14-29-12-5-1-2-6-13-29/h3-4,7-10,16,30H,1-2,5-6,11-15H2,(H,26,31)(H,27,28). The van der Waals surface area contributed by atoms with Crippen molar-refractivity contribution in [2.45, 2.75) is 32.1 Å². The Labute approximate surface area is 182 Å². The Bertz CT molecular complexity index is 1100. The van der Waals surface area contributed by atoms with Gasteiger partial charge in [0, 0.05) is 36.2 Å². The first-order valence-corrected chi connectivity index (χ1v) is 11.2. The molecule has 1 aliphatic heterocycles. The van der Waals surface area contributed by atoms with Crippen LogP contribution in [0.3, 0.4) is 0 Å². The molecule has 0 unspecified atom stereocenters. The van der Waals surface area contributed by atoms with E-state index < -0.39 is 0 Å². The van der Waals surface area contributed by atoms with E-state index in [0.29, 0.717) is 12.1 Å². The van der Waals surface area contributed by atoms with Crippen LogP contribution < -0.4 is 5.32 Å². The highest BCUT2D eigenvalue weighted by molar-refractivity contribution is 5.98. The molecular formula is C25H28N4O2. The minimum Gasteiger partial charge on any atom is -0.507 e. The van der Waals surface area contributed by atoms with Crippen LogP contribution in [0.5, 0.6) is 5.75 Å². The van der Waals surface area contributed by atoms with Crippen molar-refractivity contribution in [1.82, 2.24) is 20.4 Å². The molecule has 3 aromatic rings. The summed E-state index contributed by atoms with van der Waals surface area (Å²) in [6.45, 7) is 3.62. The van der Waals surface area contributed by atoms with Crippen molar-refractivity contribution in [3.8, 4) is 28.3 Å². The fourth-order valence-electron chi connectivity index (χ4n) is 4.76. The quantitative estimate of drug-likeness (QED) is 0.460. The van der Waals surface area contributed by atoms with Crippen LogP contribution in [0.25, 0.3) is 22.5 Å². The van der Waals surface area contributed by atoms with Gasteiger partial charge in [-0.15, -0.1) is 0 Å². The molecule has 6 heteroatoms. The van der Waals surface area contributed by atoms with Crippen molar-refractivity contribution in [1.29, 1.82) is 0 Å². The van der Waals surface area contributed by atoms with Gasteiger partial charge in [-0.05, 0) is 49.7 Å². The molecule has 1 aromatic heterocycles. The lowest BCUT2D eigenvalue weighted by Crippen LogP contribution is -2.35. The summed E-state index contributed by atoms with van der Waals surface area (Å²) in [4.78, 5) is 15.2. The number of likely N-dealkylation sites (tertiary alicyclic amines) is 1. The highest BCUT2D eigenvalue weighted by atomic mass is 16.3. The first-order valence-electron chi connectivity index (χ1n) is 11.2. The molecule has 0 saturated carbocycles. The maximum Gasteiger partial charge on any atom is 0.255 e. The van der Waals surface area contributed by atoms with Gasteiger partial charge < -0.3 is 15.3 Å². The molecular weight excluding hydrogens is 388 g/mol. The molecule has 1 aliphatic carbocycles. The number of nitrogens with zero attached hydrogens (tertiary/aromatic N) is 2. The van der Waals surface area contributed by atoms with E-state index in [1.54, 1.807) is 12.1 Å². The molecule has 0 bridgehead atoms. The van der Waals surface area contributed by atoms with Crippen LogP contribution in [0.1, 0.15) is 47.2 Å². The van der Waals surface area contributed by atoms with Crippen LogP contribution in [0.15, 0.2) is 42.5 Å². The number of phenols is 1. The number of carbonyl (C=O) groups excluding carboxylic acids is 1. The number of fused-ring (bicyclic) bond motifs is 3. The Hall–Kier alpha value is -3.12. The van der Waals surface area contributed by atoms with Crippen LogP contribution in [0.2, 0.25) is 0 Å². The fourth-order valence-corrected chi connectivity index (χ4v) is 4.76. The average Bonchev–Trinajstić information content (AvgIpc) is 3.24. The Morgan fingerprint density at radius 2 is 1.90 bits per heavy atom. The van der Waals surface area contributed by atoms with Gasteiger partial charge >= 0.3 is 0 Å². The predicted octanol–water partition coefficient (Wildman–Crippen LogP) is 3.96. The molecule has 5 rings (SSSR count). The molecule has 3 N–H and O–H groups in total. The van der Waals surface area contributed by atoms with Gasteiger partial charge in [0.05, 0.1) is 17.0 Å². The van der Waals surface area contributed by atoms with E-state index in [9.17, 15) is 9.90 Å². The molecule has 1 amide bonds. The van der Waals surface area contributed by atoms with Crippen LogP contribution in [-0.2, 0) is 6.42 Å². The molecule has 160 valence electrons. The Balaban J connectivity index is 1.31. The minimum atomic E-state index is -0.246. The second-order valence-corrected chi connectivity index (χ2v) is 8.50. The third-order valence-corrected chi connectivity index (χ3v) is 6.45. The van der Waals surface area contributed by atoms with Crippen LogP contribution in [0, 0.1) is 0 Å². The van der Waals surface area contributed by atoms with Gasteiger partial charge in [-0.3, -0.25) is 9.89 Å². The number of aromatic amines is 1. The van der Waals surface area contributed by atoms with Crippen LogP contribution >= 0.6 is 0 Å². The van der Waals surface area contributed by atoms with Crippen molar-refractivity contribution < 1.29 is 9.90 Å². The zero-order valence-corrected chi connectivity index (χ0v) is 17.7. The summed E-state index contributed by atoms with van der Waals surface area (Å²) in [5, 5.41) is 21.0. The number of aromatic nitrogens is 2. The summed E-state index contributed by atoms with van der Waals surface area (Å²) in [5.41, 5.74) is 6.60. The SMILES string of the molecule is O=C(NCCN1CCCCCC1)c1cc(-c2n[nH]c3c2Cc2ccccc2-3)ccc1O. The fraction of sp³-hybridized carbons (Fsp3) is 0.360. The second kappa shape index (κ2) is 8.55. The summed E-state index contributed by atoms with van der Waals surface area (Å²) < 4.78 is 0. The zero-order valence-electron chi connectivity index (χ0n) is 17.7. The minimum absolute atomic E-state index is 0.00788. The van der Waals surface area contributed by atoms with Gasteiger partial charge in [0.15, 0.2) is 0 Å². The first-order chi connectivity index (χ1) is 15.2. The van der Waals surface area contributed by atoms with E-state index in [1.807, 2.05) is 18.2 Å². The Morgan fingerprint density at radius 1 is 1.10 bits per heavy atom. The number of nitrogens with one attached hydrogen (secondary N) is 2. The third-order valence-electron chi connectivity index (χ3n) is 6.45. The molecule has 0 atom stereocenters. The summed E-state index contributed by atoms with van der Waals surface area (Å²) in [6, 6.07) is 13.5. The maximum atomic E-state index is 12.8. The molecule has 0 spiro atoms. The Morgan fingerprint density at radius 3 is 2.74 bits per heavy atom. The molecule has 2 aliphatic rings. The number of H-pyrrole nitrogens is 1. The summed E-state index contributed by atoms with van der Waals surface area (Å²) in [7, 11) is 0. The second-order valence-electron chi connectivity index (χ2n) is 8.50. The number of hydrogen-bond acceptors (Lipinski definition) is 4. The van der Waals surface area contributed by atoms with Gasteiger partial charge in [-0.2, -0.15) is 5.10 Å². The number of amides is 1. The topological polar surface area (TPSA) is 81.2 Å². The third kappa shape index (κ3) is 3.95. The largest absolute Gasteiger partial charge is 0.507 e. The monoisotopic (exact) mass is 416 g/mol. The van der Waals surface area contributed by atoms with E-state index >= 15 is 0 Å². The molecule has 2 aromatic carbocycles. The number of aromatic hydroxyl groups is 1. The van der Waals surface area contributed by atoms with E-state index in [4.69, 9.17) is 0 Å². The number of carbonyl (C=O) groups is 1.